The van der Waals surface area contributed by atoms with Gasteiger partial charge in [-0.15, -0.1) is 0 Å². The maximum Gasteiger partial charge on any atom is 0.0958 e. The molecule has 0 spiro atoms. The molecule has 2 aromatic rings. The fraction of sp³-hybridized carbons (Fsp3) is 0.529. The molecule has 0 N–H and O–H groups in total. The molecule has 1 aromatic carbocycles. The lowest BCUT2D eigenvalue weighted by molar-refractivity contribution is 0.418. The predicted molar refractivity (Wildman–Crippen MR) is 82.5 cm³/mol. The Morgan fingerprint density at radius 3 is 2.60 bits per heavy atom. The SMILES string of the molecule is Cc1cc2ncn(CCCCC(C)(C)C#N)c2cc1C. The first kappa shape index (κ1) is 14.6. The predicted octanol–water partition coefficient (Wildman–Crippen LogP) is 4.37. The lowest BCUT2D eigenvalue weighted by Gasteiger charge is -2.14. The molecular weight excluding hydrogens is 246 g/mol. The lowest BCUT2D eigenvalue weighted by Crippen LogP contribution is -2.08. The van der Waals surface area contributed by atoms with Gasteiger partial charge in [-0.2, -0.15) is 5.26 Å². The van der Waals surface area contributed by atoms with Crippen molar-refractivity contribution >= 4 is 11.0 Å². The summed E-state index contributed by atoms with van der Waals surface area (Å²) in [6, 6.07) is 6.73. The van der Waals surface area contributed by atoms with E-state index in [0.717, 1.165) is 31.3 Å². The van der Waals surface area contributed by atoms with Crippen LogP contribution in [0.15, 0.2) is 18.5 Å². The fourth-order valence-electron chi connectivity index (χ4n) is 2.40. The quantitative estimate of drug-likeness (QED) is 0.756. The smallest absolute Gasteiger partial charge is 0.0958 e. The Morgan fingerprint density at radius 2 is 1.90 bits per heavy atom. The number of benzene rings is 1. The van der Waals surface area contributed by atoms with Gasteiger partial charge in [-0.3, -0.25) is 0 Å². The molecule has 0 radical (unpaired) electrons. The van der Waals surface area contributed by atoms with E-state index in [4.69, 9.17) is 5.26 Å². The van der Waals surface area contributed by atoms with Crippen molar-refractivity contribution in [2.75, 3.05) is 0 Å². The molecule has 0 aliphatic heterocycles. The van der Waals surface area contributed by atoms with Crippen LogP contribution in [-0.4, -0.2) is 9.55 Å². The highest BCUT2D eigenvalue weighted by Gasteiger charge is 2.15. The van der Waals surface area contributed by atoms with Crippen LogP contribution >= 0.6 is 0 Å². The number of unbranched alkanes of at least 4 members (excludes halogenated alkanes) is 1. The molecular formula is C17H23N3. The third-order valence-electron chi connectivity index (χ3n) is 3.99. The highest BCUT2D eigenvalue weighted by Crippen LogP contribution is 2.23. The molecule has 0 aliphatic carbocycles. The topological polar surface area (TPSA) is 41.6 Å². The van der Waals surface area contributed by atoms with Crippen molar-refractivity contribution in [3.63, 3.8) is 0 Å². The van der Waals surface area contributed by atoms with Crippen LogP contribution < -0.4 is 0 Å². The Hall–Kier alpha value is -1.82. The van der Waals surface area contributed by atoms with Crippen molar-refractivity contribution in [3.8, 4) is 6.07 Å². The fourth-order valence-corrected chi connectivity index (χ4v) is 2.40. The summed E-state index contributed by atoms with van der Waals surface area (Å²) in [7, 11) is 0. The summed E-state index contributed by atoms with van der Waals surface area (Å²) in [6.45, 7) is 9.25. The van der Waals surface area contributed by atoms with Gasteiger partial charge in [-0.1, -0.05) is 6.42 Å². The Balaban J connectivity index is 2.01. The van der Waals surface area contributed by atoms with E-state index in [2.05, 4.69) is 41.6 Å². The van der Waals surface area contributed by atoms with Crippen LogP contribution in [0.5, 0.6) is 0 Å². The van der Waals surface area contributed by atoms with Crippen LogP contribution in [0.2, 0.25) is 0 Å². The number of nitrogens with zero attached hydrogens (tertiary/aromatic N) is 3. The zero-order valence-corrected chi connectivity index (χ0v) is 12.9. The lowest BCUT2D eigenvalue weighted by atomic mass is 9.89. The number of aryl methyl sites for hydroxylation is 3. The standard InChI is InChI=1S/C17H23N3/c1-13-9-15-16(10-14(13)2)20(12-19-15)8-6-5-7-17(3,4)11-18/h9-10,12H,5-8H2,1-4H3. The average molecular weight is 269 g/mol. The Kier molecular flexibility index (Phi) is 4.13. The van der Waals surface area contributed by atoms with E-state index in [1.165, 1.54) is 16.6 Å². The van der Waals surface area contributed by atoms with E-state index in [1.807, 2.05) is 20.2 Å². The minimum absolute atomic E-state index is 0.204. The second kappa shape index (κ2) is 5.66. The van der Waals surface area contributed by atoms with Crippen LogP contribution in [-0.2, 0) is 6.54 Å². The number of rotatable bonds is 5. The van der Waals surface area contributed by atoms with Crippen molar-refractivity contribution in [2.24, 2.45) is 5.41 Å². The molecule has 1 heterocycles. The molecule has 0 aliphatic rings. The summed E-state index contributed by atoms with van der Waals surface area (Å²) in [4.78, 5) is 4.47. The number of fused-ring (bicyclic) bond motifs is 1. The summed E-state index contributed by atoms with van der Waals surface area (Å²) >= 11 is 0. The van der Waals surface area contributed by atoms with E-state index in [0.29, 0.717) is 0 Å². The first-order valence-corrected chi connectivity index (χ1v) is 7.26. The monoisotopic (exact) mass is 269 g/mol. The van der Waals surface area contributed by atoms with E-state index < -0.39 is 0 Å². The van der Waals surface area contributed by atoms with Gasteiger partial charge in [0.15, 0.2) is 0 Å². The third-order valence-corrected chi connectivity index (χ3v) is 3.99. The molecule has 3 heteroatoms. The van der Waals surface area contributed by atoms with Crippen LogP contribution in [0, 0.1) is 30.6 Å². The summed E-state index contributed by atoms with van der Waals surface area (Å²) in [5, 5.41) is 9.01. The zero-order valence-electron chi connectivity index (χ0n) is 12.9. The maximum absolute atomic E-state index is 9.01. The number of aromatic nitrogens is 2. The van der Waals surface area contributed by atoms with Crippen molar-refractivity contribution in [2.45, 2.75) is 53.5 Å². The van der Waals surface area contributed by atoms with Crippen molar-refractivity contribution in [1.29, 1.82) is 5.26 Å². The van der Waals surface area contributed by atoms with Crippen molar-refractivity contribution in [3.05, 3.63) is 29.6 Å². The Morgan fingerprint density at radius 1 is 1.20 bits per heavy atom. The van der Waals surface area contributed by atoms with E-state index in [1.54, 1.807) is 0 Å². The van der Waals surface area contributed by atoms with Gasteiger partial charge < -0.3 is 4.57 Å². The minimum atomic E-state index is -0.204. The largest absolute Gasteiger partial charge is 0.331 e. The van der Waals surface area contributed by atoms with Crippen molar-refractivity contribution < 1.29 is 0 Å². The third kappa shape index (κ3) is 3.19. The van der Waals surface area contributed by atoms with Gasteiger partial charge in [0.25, 0.3) is 0 Å². The van der Waals surface area contributed by atoms with E-state index in [9.17, 15) is 0 Å². The van der Waals surface area contributed by atoms with Gasteiger partial charge >= 0.3 is 0 Å². The molecule has 0 fully saturated rings. The molecule has 0 unspecified atom stereocenters. The minimum Gasteiger partial charge on any atom is -0.331 e. The zero-order chi connectivity index (χ0) is 14.8. The first-order valence-electron chi connectivity index (χ1n) is 7.26. The molecule has 20 heavy (non-hydrogen) atoms. The molecule has 2 rings (SSSR count). The van der Waals surface area contributed by atoms with Gasteiger partial charge in [-0.05, 0) is 63.8 Å². The summed E-state index contributed by atoms with van der Waals surface area (Å²) < 4.78 is 2.22. The van der Waals surface area contributed by atoms with Crippen LogP contribution in [0.3, 0.4) is 0 Å². The van der Waals surface area contributed by atoms with Gasteiger partial charge in [0, 0.05) is 6.54 Å². The normalized spacial score (nSPS) is 11.8. The molecule has 0 bridgehead atoms. The number of hydrogen-bond acceptors (Lipinski definition) is 2. The maximum atomic E-state index is 9.01. The van der Waals surface area contributed by atoms with Gasteiger partial charge in [-0.25, -0.2) is 4.98 Å². The van der Waals surface area contributed by atoms with E-state index >= 15 is 0 Å². The summed E-state index contributed by atoms with van der Waals surface area (Å²) in [6.07, 6.45) is 5.04. The second-order valence-electron chi connectivity index (χ2n) is 6.32. The molecule has 0 saturated carbocycles. The Labute approximate surface area is 121 Å². The number of nitriles is 1. The molecule has 0 atom stereocenters. The van der Waals surface area contributed by atoms with Crippen LogP contribution in [0.1, 0.15) is 44.2 Å². The number of hydrogen-bond donors (Lipinski definition) is 0. The average Bonchev–Trinajstić information content (AvgIpc) is 2.78. The highest BCUT2D eigenvalue weighted by molar-refractivity contribution is 5.77. The van der Waals surface area contributed by atoms with Gasteiger partial charge in [0.05, 0.1) is 28.8 Å². The van der Waals surface area contributed by atoms with Gasteiger partial charge in [0.2, 0.25) is 0 Å². The molecule has 0 saturated heterocycles. The van der Waals surface area contributed by atoms with Crippen molar-refractivity contribution in [1.82, 2.24) is 9.55 Å². The van der Waals surface area contributed by atoms with Crippen LogP contribution in [0.25, 0.3) is 11.0 Å². The van der Waals surface area contributed by atoms with Gasteiger partial charge in [0.1, 0.15) is 0 Å². The molecule has 1 aromatic heterocycles. The second-order valence-corrected chi connectivity index (χ2v) is 6.32. The number of imidazole rings is 1. The Bertz CT molecular complexity index is 644. The van der Waals surface area contributed by atoms with Crippen LogP contribution in [0.4, 0.5) is 0 Å². The molecule has 3 nitrogen and oxygen atoms in total. The molecule has 106 valence electrons. The highest BCUT2D eigenvalue weighted by atomic mass is 15.0. The summed E-state index contributed by atoms with van der Waals surface area (Å²) in [5.74, 6) is 0. The molecule has 0 amide bonds. The first-order chi connectivity index (χ1) is 9.43. The summed E-state index contributed by atoms with van der Waals surface area (Å²) in [5.41, 5.74) is 4.69. The van der Waals surface area contributed by atoms with E-state index in [-0.39, 0.29) is 5.41 Å².